The summed E-state index contributed by atoms with van der Waals surface area (Å²) in [6.45, 7) is 1.45. The molecule has 0 bridgehead atoms. The maximum atomic E-state index is 6.22. The lowest BCUT2D eigenvalue weighted by Crippen LogP contribution is -2.25. The molecule has 2 aromatic heterocycles. The number of hydrogen-bond donors (Lipinski definition) is 0. The second-order valence-electron chi connectivity index (χ2n) is 6.71. The zero-order chi connectivity index (χ0) is 19.1. The molecule has 6 nitrogen and oxygen atoms in total. The van der Waals surface area contributed by atoms with Gasteiger partial charge in [0.1, 0.15) is 12.1 Å². The van der Waals surface area contributed by atoms with Crippen LogP contribution < -0.4 is 4.90 Å². The van der Waals surface area contributed by atoms with Crippen LogP contribution in [0.25, 0.3) is 16.7 Å². The van der Waals surface area contributed by atoms with Gasteiger partial charge < -0.3 is 9.64 Å². The number of hydrogen-bond acceptors (Lipinski definition) is 5. The predicted octanol–water partition coefficient (Wildman–Crippen LogP) is 3.70. The van der Waals surface area contributed by atoms with Gasteiger partial charge in [-0.25, -0.2) is 0 Å². The van der Waals surface area contributed by atoms with Gasteiger partial charge in [0.15, 0.2) is 0 Å². The average Bonchev–Trinajstić information content (AvgIpc) is 3.14. The summed E-state index contributed by atoms with van der Waals surface area (Å²) in [6, 6.07) is 13.8. The Balaban J connectivity index is 1.60. The monoisotopic (exact) mass is 389 g/mol. The topological polar surface area (TPSA) is 55.5 Å². The maximum absolute atomic E-state index is 6.22. The van der Waals surface area contributed by atoms with Crippen molar-refractivity contribution >= 4 is 39.8 Å². The van der Waals surface area contributed by atoms with E-state index in [0.717, 1.165) is 41.2 Å². The van der Waals surface area contributed by atoms with E-state index < -0.39 is 0 Å². The minimum absolute atomic E-state index is 0.340. The molecule has 0 N–H and O–H groups in total. The lowest BCUT2D eigenvalue weighted by molar-refractivity contribution is -0.00300. The minimum atomic E-state index is 0.340. The Kier molecular flexibility index (Phi) is 4.12. The fraction of sp³-hybridized carbons (Fsp3) is 0.190. The number of ether oxygens (including phenoxy) is 1. The summed E-state index contributed by atoms with van der Waals surface area (Å²) in [5.74, 6) is 8.14. The molecular formula is C21H16ClN5O. The summed E-state index contributed by atoms with van der Waals surface area (Å²) in [7, 11) is 1.98. The quantitative estimate of drug-likeness (QED) is 0.489. The summed E-state index contributed by atoms with van der Waals surface area (Å²) in [5.41, 5.74) is 2.86. The molecule has 0 atom stereocenters. The third kappa shape index (κ3) is 2.95. The van der Waals surface area contributed by atoms with Gasteiger partial charge >= 0.3 is 0 Å². The summed E-state index contributed by atoms with van der Waals surface area (Å²) in [4.78, 5) is 6.75. The van der Waals surface area contributed by atoms with E-state index in [4.69, 9.17) is 21.3 Å². The van der Waals surface area contributed by atoms with E-state index in [1.807, 2.05) is 52.7 Å². The Morgan fingerprint density at radius 1 is 1.21 bits per heavy atom. The molecule has 0 unspecified atom stereocenters. The molecule has 1 aliphatic rings. The fourth-order valence-corrected chi connectivity index (χ4v) is 3.36. The number of aromatic nitrogens is 4. The van der Waals surface area contributed by atoms with Crippen LogP contribution in [-0.2, 0) is 4.74 Å². The molecule has 0 aliphatic carbocycles. The Morgan fingerprint density at radius 3 is 2.93 bits per heavy atom. The second-order valence-corrected chi connectivity index (χ2v) is 7.15. The summed E-state index contributed by atoms with van der Waals surface area (Å²) < 4.78 is 7.01. The van der Waals surface area contributed by atoms with Crippen molar-refractivity contribution in [1.82, 2.24) is 19.6 Å². The highest BCUT2D eigenvalue weighted by molar-refractivity contribution is 6.31. The normalized spacial score (nSPS) is 13.9. The number of fused-ring (bicyclic) bond motifs is 3. The molecular weight excluding hydrogens is 374 g/mol. The summed E-state index contributed by atoms with van der Waals surface area (Å²) in [6.07, 6.45) is 1.64. The molecule has 2 aromatic carbocycles. The van der Waals surface area contributed by atoms with Crippen LogP contribution in [0.4, 0.5) is 11.5 Å². The molecule has 4 aromatic rings. The Bertz CT molecular complexity index is 1250. The summed E-state index contributed by atoms with van der Waals surface area (Å²) >= 11 is 6.22. The predicted molar refractivity (Wildman–Crippen MR) is 109 cm³/mol. The first-order valence-electron chi connectivity index (χ1n) is 8.91. The van der Waals surface area contributed by atoms with Gasteiger partial charge in [0, 0.05) is 28.7 Å². The Labute approximate surface area is 166 Å². The van der Waals surface area contributed by atoms with E-state index in [1.54, 1.807) is 6.33 Å². The molecule has 1 aliphatic heterocycles. The molecule has 1 saturated heterocycles. The highest BCUT2D eigenvalue weighted by atomic mass is 35.5. The Hall–Kier alpha value is -3.14. The first kappa shape index (κ1) is 17.0. The van der Waals surface area contributed by atoms with Crippen LogP contribution in [0, 0.1) is 17.8 Å². The molecule has 5 rings (SSSR count). The molecule has 28 heavy (non-hydrogen) atoms. The van der Waals surface area contributed by atoms with Crippen molar-refractivity contribution in [1.29, 1.82) is 0 Å². The number of anilines is 2. The number of benzene rings is 2. The van der Waals surface area contributed by atoms with Crippen molar-refractivity contribution in [3.63, 3.8) is 0 Å². The van der Waals surface area contributed by atoms with E-state index in [9.17, 15) is 0 Å². The third-order valence-electron chi connectivity index (χ3n) is 4.81. The first-order valence-corrected chi connectivity index (χ1v) is 9.29. The largest absolute Gasteiger partial charge is 0.379 e. The van der Waals surface area contributed by atoms with E-state index in [0.29, 0.717) is 16.7 Å². The first-order chi connectivity index (χ1) is 13.7. The van der Waals surface area contributed by atoms with Crippen molar-refractivity contribution in [2.45, 2.75) is 0 Å². The molecule has 0 saturated carbocycles. The van der Waals surface area contributed by atoms with E-state index >= 15 is 0 Å². The van der Waals surface area contributed by atoms with E-state index in [-0.39, 0.29) is 0 Å². The zero-order valence-corrected chi connectivity index (χ0v) is 15.9. The Morgan fingerprint density at radius 2 is 2.11 bits per heavy atom. The fourth-order valence-electron chi connectivity index (χ4n) is 3.20. The minimum Gasteiger partial charge on any atom is -0.379 e. The number of halogens is 1. The lowest BCUT2D eigenvalue weighted by Gasteiger charge is -2.21. The third-order valence-corrected chi connectivity index (χ3v) is 5.04. The maximum Gasteiger partial charge on any atom is 0.257 e. The standard InChI is InChI=1S/C21H16ClN5O/c1-26(17-4-2-3-14(9-17)5-6-15-11-28-12-15)20-18-8-7-16(22)10-19(18)27-13-23-25-21(27)24-20/h2-4,7-10,13,15H,11-12H2,1H3. The van der Waals surface area contributed by atoms with Crippen molar-refractivity contribution in [3.05, 3.63) is 59.4 Å². The van der Waals surface area contributed by atoms with Crippen LogP contribution in [0.1, 0.15) is 5.56 Å². The molecule has 0 amide bonds. The van der Waals surface area contributed by atoms with Gasteiger partial charge in [-0.2, -0.15) is 4.98 Å². The number of nitrogens with zero attached hydrogens (tertiary/aromatic N) is 5. The summed E-state index contributed by atoms with van der Waals surface area (Å²) in [5, 5.41) is 9.71. The highest BCUT2D eigenvalue weighted by Crippen LogP contribution is 2.31. The van der Waals surface area contributed by atoms with Gasteiger partial charge in [-0.3, -0.25) is 4.40 Å². The van der Waals surface area contributed by atoms with Crippen LogP contribution in [0.3, 0.4) is 0 Å². The van der Waals surface area contributed by atoms with Crippen LogP contribution in [0.2, 0.25) is 5.02 Å². The van der Waals surface area contributed by atoms with Crippen LogP contribution >= 0.6 is 11.6 Å². The van der Waals surface area contributed by atoms with Gasteiger partial charge in [0.2, 0.25) is 0 Å². The van der Waals surface area contributed by atoms with Gasteiger partial charge in [-0.05, 0) is 36.4 Å². The zero-order valence-electron chi connectivity index (χ0n) is 15.1. The van der Waals surface area contributed by atoms with E-state index in [1.165, 1.54) is 0 Å². The highest BCUT2D eigenvalue weighted by Gasteiger charge is 2.16. The van der Waals surface area contributed by atoms with Crippen LogP contribution in [0.5, 0.6) is 0 Å². The molecule has 1 fully saturated rings. The van der Waals surface area contributed by atoms with E-state index in [2.05, 4.69) is 28.1 Å². The molecule has 0 spiro atoms. The molecule has 0 radical (unpaired) electrons. The van der Waals surface area contributed by atoms with Crippen molar-refractivity contribution in [2.24, 2.45) is 5.92 Å². The van der Waals surface area contributed by atoms with Gasteiger partial charge in [0.25, 0.3) is 5.78 Å². The molecule has 7 heteroatoms. The SMILES string of the molecule is CN(c1cccc(C#CC2COC2)c1)c1nc2nncn2c2cc(Cl)ccc12. The van der Waals surface area contributed by atoms with Gasteiger partial charge in [-0.1, -0.05) is 29.5 Å². The van der Waals surface area contributed by atoms with Gasteiger partial charge in [-0.15, -0.1) is 10.2 Å². The van der Waals surface area contributed by atoms with Gasteiger partial charge in [0.05, 0.1) is 24.6 Å². The number of rotatable bonds is 2. The van der Waals surface area contributed by atoms with Crippen molar-refractivity contribution in [2.75, 3.05) is 25.2 Å². The van der Waals surface area contributed by atoms with Crippen molar-refractivity contribution < 1.29 is 4.74 Å². The molecule has 3 heterocycles. The van der Waals surface area contributed by atoms with Crippen molar-refractivity contribution in [3.8, 4) is 11.8 Å². The average molecular weight is 390 g/mol. The van der Waals surface area contributed by atoms with Crippen LogP contribution in [0.15, 0.2) is 48.8 Å². The van der Waals surface area contributed by atoms with Crippen LogP contribution in [-0.4, -0.2) is 39.8 Å². The lowest BCUT2D eigenvalue weighted by atomic mass is 10.1. The molecule has 138 valence electrons. The second kappa shape index (κ2) is 6.79. The smallest absolute Gasteiger partial charge is 0.257 e.